The number of nitrogens with zero attached hydrogens (tertiary/aromatic N) is 2. The minimum Gasteiger partial charge on any atom is -0.353 e. The topological polar surface area (TPSA) is 45.5 Å². The molecule has 5 atom stereocenters. The lowest BCUT2D eigenvalue weighted by atomic mass is 10.1. The maximum absolute atomic E-state index is 9.59. The van der Waals surface area contributed by atoms with Gasteiger partial charge in [-0.2, -0.15) is 5.26 Å². The SMILES string of the molecule is N#CC1C2C(COC3CCCCO3)C2CN1Cc1ccccc1. The Morgan fingerprint density at radius 2 is 2.13 bits per heavy atom. The van der Waals surface area contributed by atoms with E-state index in [1.807, 2.05) is 6.07 Å². The zero-order chi connectivity index (χ0) is 15.6. The summed E-state index contributed by atoms with van der Waals surface area (Å²) in [6.07, 6.45) is 3.36. The van der Waals surface area contributed by atoms with Crippen LogP contribution in [0, 0.1) is 29.1 Å². The smallest absolute Gasteiger partial charge is 0.157 e. The molecule has 2 saturated heterocycles. The Labute approximate surface area is 138 Å². The highest BCUT2D eigenvalue weighted by Crippen LogP contribution is 2.55. The van der Waals surface area contributed by atoms with Gasteiger partial charge in [0.05, 0.1) is 12.7 Å². The minimum atomic E-state index is -0.00830. The number of fused-ring (bicyclic) bond motifs is 1. The molecule has 4 heteroatoms. The molecule has 2 aliphatic heterocycles. The van der Waals surface area contributed by atoms with Crippen LogP contribution >= 0.6 is 0 Å². The number of ether oxygens (including phenoxy) is 2. The third-order valence-corrected chi connectivity index (χ3v) is 5.57. The predicted octanol–water partition coefficient (Wildman–Crippen LogP) is 2.80. The number of hydrogen-bond acceptors (Lipinski definition) is 4. The summed E-state index contributed by atoms with van der Waals surface area (Å²) in [7, 11) is 0. The molecule has 2 heterocycles. The van der Waals surface area contributed by atoms with Crippen LogP contribution in [-0.2, 0) is 16.0 Å². The molecule has 0 aromatic heterocycles. The molecule has 1 aromatic carbocycles. The molecule has 122 valence electrons. The van der Waals surface area contributed by atoms with Gasteiger partial charge >= 0.3 is 0 Å². The average molecular weight is 312 g/mol. The molecule has 0 N–H and O–H groups in total. The van der Waals surface area contributed by atoms with Crippen LogP contribution in [0.4, 0.5) is 0 Å². The Kier molecular flexibility index (Phi) is 4.35. The molecule has 0 bridgehead atoms. The van der Waals surface area contributed by atoms with Crippen molar-refractivity contribution < 1.29 is 9.47 Å². The van der Waals surface area contributed by atoms with Crippen molar-refractivity contribution in [2.75, 3.05) is 19.8 Å². The van der Waals surface area contributed by atoms with Crippen molar-refractivity contribution in [2.45, 2.75) is 38.1 Å². The fourth-order valence-corrected chi connectivity index (χ4v) is 4.27. The normalized spacial score (nSPS) is 36.4. The first-order valence-electron chi connectivity index (χ1n) is 8.77. The average Bonchev–Trinajstić information content (AvgIpc) is 3.14. The number of likely N-dealkylation sites (tertiary alicyclic amines) is 1. The minimum absolute atomic E-state index is 0.00830. The van der Waals surface area contributed by atoms with Crippen LogP contribution in [0.25, 0.3) is 0 Å². The summed E-state index contributed by atoms with van der Waals surface area (Å²) in [4.78, 5) is 2.33. The molecule has 4 nitrogen and oxygen atoms in total. The zero-order valence-electron chi connectivity index (χ0n) is 13.4. The highest BCUT2D eigenvalue weighted by Gasteiger charge is 2.61. The van der Waals surface area contributed by atoms with Crippen molar-refractivity contribution in [1.29, 1.82) is 5.26 Å². The van der Waals surface area contributed by atoms with E-state index in [-0.39, 0.29) is 12.3 Å². The van der Waals surface area contributed by atoms with Gasteiger partial charge < -0.3 is 9.47 Å². The molecule has 3 aliphatic rings. The van der Waals surface area contributed by atoms with Gasteiger partial charge in [0.15, 0.2) is 6.29 Å². The molecule has 0 spiro atoms. The Balaban J connectivity index is 1.29. The lowest BCUT2D eigenvalue weighted by Gasteiger charge is -2.26. The molecule has 0 radical (unpaired) electrons. The van der Waals surface area contributed by atoms with Gasteiger partial charge in [0.25, 0.3) is 0 Å². The molecule has 1 aliphatic carbocycles. The summed E-state index contributed by atoms with van der Waals surface area (Å²) in [5.74, 6) is 1.68. The van der Waals surface area contributed by atoms with Crippen molar-refractivity contribution >= 4 is 0 Å². The van der Waals surface area contributed by atoms with Crippen LogP contribution in [0.2, 0.25) is 0 Å². The largest absolute Gasteiger partial charge is 0.353 e. The number of rotatable bonds is 5. The van der Waals surface area contributed by atoms with Gasteiger partial charge in [-0.15, -0.1) is 0 Å². The molecular weight excluding hydrogens is 288 g/mol. The maximum atomic E-state index is 9.59. The molecule has 3 fully saturated rings. The van der Waals surface area contributed by atoms with E-state index in [1.165, 1.54) is 12.0 Å². The van der Waals surface area contributed by atoms with Crippen molar-refractivity contribution in [1.82, 2.24) is 4.90 Å². The summed E-state index contributed by atoms with van der Waals surface area (Å²) >= 11 is 0. The van der Waals surface area contributed by atoms with E-state index in [0.717, 1.165) is 39.1 Å². The summed E-state index contributed by atoms with van der Waals surface area (Å²) in [5, 5.41) is 9.59. The molecule has 5 unspecified atom stereocenters. The highest BCUT2D eigenvalue weighted by molar-refractivity contribution is 5.21. The first kappa shape index (κ1) is 15.1. The van der Waals surface area contributed by atoms with E-state index >= 15 is 0 Å². The van der Waals surface area contributed by atoms with Gasteiger partial charge in [0, 0.05) is 19.7 Å². The Morgan fingerprint density at radius 3 is 2.87 bits per heavy atom. The third-order valence-electron chi connectivity index (χ3n) is 5.57. The second-order valence-corrected chi connectivity index (χ2v) is 7.02. The second kappa shape index (κ2) is 6.60. The van der Waals surface area contributed by atoms with Crippen molar-refractivity contribution in [3.8, 4) is 6.07 Å². The van der Waals surface area contributed by atoms with Gasteiger partial charge in [0.2, 0.25) is 0 Å². The Morgan fingerprint density at radius 1 is 1.26 bits per heavy atom. The van der Waals surface area contributed by atoms with E-state index in [4.69, 9.17) is 9.47 Å². The zero-order valence-corrected chi connectivity index (χ0v) is 13.4. The van der Waals surface area contributed by atoms with Gasteiger partial charge in [-0.05, 0) is 42.6 Å². The van der Waals surface area contributed by atoms with E-state index in [2.05, 4.69) is 35.2 Å². The van der Waals surface area contributed by atoms with E-state index < -0.39 is 0 Å². The lowest BCUT2D eigenvalue weighted by Crippen LogP contribution is -2.34. The predicted molar refractivity (Wildman–Crippen MR) is 86.3 cm³/mol. The van der Waals surface area contributed by atoms with Crippen LogP contribution in [-0.4, -0.2) is 37.0 Å². The molecule has 1 aromatic rings. The van der Waals surface area contributed by atoms with E-state index in [0.29, 0.717) is 17.8 Å². The second-order valence-electron chi connectivity index (χ2n) is 7.02. The van der Waals surface area contributed by atoms with Crippen LogP contribution in [0.5, 0.6) is 0 Å². The first-order chi connectivity index (χ1) is 11.4. The Hall–Kier alpha value is -1.41. The van der Waals surface area contributed by atoms with Gasteiger partial charge in [-0.25, -0.2) is 0 Å². The lowest BCUT2D eigenvalue weighted by molar-refractivity contribution is -0.166. The molecular formula is C19H24N2O2. The van der Waals surface area contributed by atoms with Crippen molar-refractivity contribution in [3.63, 3.8) is 0 Å². The fraction of sp³-hybridized carbons (Fsp3) is 0.632. The standard InChI is InChI=1S/C19H24N2O2/c20-10-17-19-15(12-21(17)11-14-6-2-1-3-7-14)16(19)13-23-18-8-4-5-9-22-18/h1-3,6-7,15-19H,4-5,8-9,11-13H2. The first-order valence-corrected chi connectivity index (χ1v) is 8.77. The number of piperidine rings is 1. The van der Waals surface area contributed by atoms with Crippen LogP contribution in [0.1, 0.15) is 24.8 Å². The number of benzene rings is 1. The van der Waals surface area contributed by atoms with Crippen LogP contribution in [0.3, 0.4) is 0 Å². The summed E-state index contributed by atoms with van der Waals surface area (Å²) in [6.45, 7) is 3.49. The van der Waals surface area contributed by atoms with Crippen LogP contribution < -0.4 is 0 Å². The van der Waals surface area contributed by atoms with Crippen LogP contribution in [0.15, 0.2) is 30.3 Å². The van der Waals surface area contributed by atoms with Gasteiger partial charge in [-0.1, -0.05) is 30.3 Å². The van der Waals surface area contributed by atoms with Gasteiger partial charge in [-0.3, -0.25) is 4.90 Å². The molecule has 4 rings (SSSR count). The summed E-state index contributed by atoms with van der Waals surface area (Å²) in [6, 6.07) is 13.0. The van der Waals surface area contributed by atoms with Crippen molar-refractivity contribution in [2.24, 2.45) is 17.8 Å². The number of nitriles is 1. The van der Waals surface area contributed by atoms with Crippen molar-refractivity contribution in [3.05, 3.63) is 35.9 Å². The van der Waals surface area contributed by atoms with E-state index in [1.54, 1.807) is 0 Å². The molecule has 23 heavy (non-hydrogen) atoms. The van der Waals surface area contributed by atoms with E-state index in [9.17, 15) is 5.26 Å². The molecule has 1 saturated carbocycles. The summed E-state index contributed by atoms with van der Waals surface area (Å²) in [5.41, 5.74) is 1.29. The van der Waals surface area contributed by atoms with Gasteiger partial charge in [0.1, 0.15) is 6.04 Å². The maximum Gasteiger partial charge on any atom is 0.157 e. The fourth-order valence-electron chi connectivity index (χ4n) is 4.27. The monoisotopic (exact) mass is 312 g/mol. The third kappa shape index (κ3) is 3.14. The Bertz CT molecular complexity index is 564. The highest BCUT2D eigenvalue weighted by atomic mass is 16.7. The quantitative estimate of drug-likeness (QED) is 0.839. The summed E-state index contributed by atoms with van der Waals surface area (Å²) < 4.78 is 11.6. The number of hydrogen-bond donors (Lipinski definition) is 0. The molecule has 0 amide bonds.